The van der Waals surface area contributed by atoms with Crippen LogP contribution >= 0.6 is 0 Å². The molecule has 130 valence electrons. The number of nitrogens with one attached hydrogen (secondary N) is 2. The van der Waals surface area contributed by atoms with Crippen molar-refractivity contribution in [3.63, 3.8) is 0 Å². The van der Waals surface area contributed by atoms with Crippen LogP contribution in [0.15, 0.2) is 36.4 Å². The molecule has 4 aromatic rings. The van der Waals surface area contributed by atoms with Gasteiger partial charge in [0.1, 0.15) is 5.69 Å². The van der Waals surface area contributed by atoms with E-state index in [9.17, 15) is 5.11 Å². The maximum atomic E-state index is 10.8. The van der Waals surface area contributed by atoms with Crippen LogP contribution in [0, 0.1) is 6.92 Å². The van der Waals surface area contributed by atoms with E-state index < -0.39 is 0 Å². The summed E-state index contributed by atoms with van der Waals surface area (Å²) in [4.78, 5) is 7.97. The van der Waals surface area contributed by atoms with Crippen molar-refractivity contribution < 1.29 is 5.11 Å². The van der Waals surface area contributed by atoms with Crippen LogP contribution < -0.4 is 5.32 Å². The summed E-state index contributed by atoms with van der Waals surface area (Å²) in [5, 5.41) is 18.7. The van der Waals surface area contributed by atoms with Crippen molar-refractivity contribution in [2.45, 2.75) is 20.0 Å². The van der Waals surface area contributed by atoms with Crippen molar-refractivity contribution in [2.24, 2.45) is 7.05 Å². The number of aryl methyl sites for hydroxylation is 2. The highest BCUT2D eigenvalue weighted by Crippen LogP contribution is 2.37. The monoisotopic (exact) mass is 345 g/mol. The minimum atomic E-state index is 0.143. The van der Waals surface area contributed by atoms with Crippen molar-refractivity contribution in [1.82, 2.24) is 25.1 Å². The first-order valence-corrected chi connectivity index (χ1v) is 8.66. The average molecular weight is 345 g/mol. The van der Waals surface area contributed by atoms with E-state index in [4.69, 9.17) is 0 Å². The topological polar surface area (TPSA) is 78.8 Å². The van der Waals surface area contributed by atoms with Crippen molar-refractivity contribution in [3.05, 3.63) is 53.1 Å². The summed E-state index contributed by atoms with van der Waals surface area (Å²) >= 11 is 0. The van der Waals surface area contributed by atoms with E-state index in [1.165, 1.54) is 16.7 Å². The molecule has 0 aliphatic carbocycles. The van der Waals surface area contributed by atoms with Crippen LogP contribution in [0.3, 0.4) is 0 Å². The maximum Gasteiger partial charge on any atom is 0.173 e. The Morgan fingerprint density at radius 1 is 1.08 bits per heavy atom. The molecule has 1 aliphatic rings. The molecule has 0 bridgehead atoms. The van der Waals surface area contributed by atoms with Gasteiger partial charge >= 0.3 is 0 Å². The molecule has 26 heavy (non-hydrogen) atoms. The van der Waals surface area contributed by atoms with Gasteiger partial charge in [-0.05, 0) is 30.2 Å². The summed E-state index contributed by atoms with van der Waals surface area (Å²) in [5.41, 5.74) is 7.68. The van der Waals surface area contributed by atoms with Gasteiger partial charge in [-0.15, -0.1) is 0 Å². The molecular formula is C20H19N5O. The molecule has 0 spiro atoms. The van der Waals surface area contributed by atoms with Crippen molar-refractivity contribution in [3.8, 4) is 28.5 Å². The van der Waals surface area contributed by atoms with Gasteiger partial charge in [-0.3, -0.25) is 4.68 Å². The molecule has 0 fully saturated rings. The first kappa shape index (κ1) is 15.2. The van der Waals surface area contributed by atoms with Crippen molar-refractivity contribution >= 4 is 11.0 Å². The van der Waals surface area contributed by atoms with Crippen LogP contribution in [-0.4, -0.2) is 24.9 Å². The van der Waals surface area contributed by atoms with Crippen LogP contribution in [0.25, 0.3) is 33.8 Å². The summed E-state index contributed by atoms with van der Waals surface area (Å²) in [6.45, 7) is 3.80. The Morgan fingerprint density at radius 2 is 1.81 bits per heavy atom. The highest BCUT2D eigenvalue weighted by atomic mass is 16.3. The van der Waals surface area contributed by atoms with E-state index in [0.717, 1.165) is 29.7 Å². The molecule has 6 nitrogen and oxygen atoms in total. The number of rotatable bonds is 2. The standard InChI is InChI=1S/C20H19N5O/c1-11-3-5-12(6-4-11)18-19(26)17(24-25(18)2)20-22-15-7-13-9-21-10-14(13)8-16(15)23-20/h3-8,21,26H,9-10H2,1-2H3,(H,22,23). The largest absolute Gasteiger partial charge is 0.504 e. The highest BCUT2D eigenvalue weighted by Gasteiger charge is 2.21. The second-order valence-electron chi connectivity index (χ2n) is 6.86. The van der Waals surface area contributed by atoms with Crippen LogP contribution in [0.4, 0.5) is 0 Å². The van der Waals surface area contributed by atoms with E-state index in [-0.39, 0.29) is 5.75 Å². The van der Waals surface area contributed by atoms with Crippen LogP contribution in [0.1, 0.15) is 16.7 Å². The first-order valence-electron chi connectivity index (χ1n) is 8.66. The fourth-order valence-corrected chi connectivity index (χ4v) is 3.63. The molecule has 0 radical (unpaired) electrons. The molecular weight excluding hydrogens is 326 g/mol. The second kappa shape index (κ2) is 5.44. The van der Waals surface area contributed by atoms with Gasteiger partial charge in [0.2, 0.25) is 0 Å². The summed E-state index contributed by atoms with van der Waals surface area (Å²) in [6.07, 6.45) is 0. The summed E-state index contributed by atoms with van der Waals surface area (Å²) in [5.74, 6) is 0.729. The third kappa shape index (κ3) is 2.23. The van der Waals surface area contributed by atoms with Gasteiger partial charge in [0, 0.05) is 25.7 Å². The van der Waals surface area contributed by atoms with E-state index in [0.29, 0.717) is 17.2 Å². The quantitative estimate of drug-likeness (QED) is 0.521. The van der Waals surface area contributed by atoms with E-state index >= 15 is 0 Å². The van der Waals surface area contributed by atoms with E-state index in [2.05, 4.69) is 32.5 Å². The van der Waals surface area contributed by atoms with Gasteiger partial charge < -0.3 is 15.4 Å². The van der Waals surface area contributed by atoms with Crippen LogP contribution in [0.2, 0.25) is 0 Å². The third-order valence-electron chi connectivity index (χ3n) is 5.01. The number of hydrogen-bond donors (Lipinski definition) is 3. The summed E-state index contributed by atoms with van der Waals surface area (Å²) < 4.78 is 1.70. The SMILES string of the molecule is Cc1ccc(-c2c(O)c(-c3nc4cc5c(cc4[nH]3)CNC5)nn2C)cc1. The number of fused-ring (bicyclic) bond motifs is 2. The molecule has 6 heteroatoms. The van der Waals surface area contributed by atoms with Crippen molar-refractivity contribution in [1.29, 1.82) is 0 Å². The number of benzene rings is 2. The first-order chi connectivity index (χ1) is 12.6. The number of aromatic nitrogens is 4. The molecule has 0 unspecified atom stereocenters. The smallest absolute Gasteiger partial charge is 0.173 e. The van der Waals surface area contributed by atoms with Gasteiger partial charge in [-0.2, -0.15) is 5.10 Å². The number of aromatic hydroxyl groups is 1. The predicted octanol–water partition coefficient (Wildman–Crippen LogP) is 3.25. The minimum Gasteiger partial charge on any atom is -0.504 e. The molecule has 0 saturated heterocycles. The minimum absolute atomic E-state index is 0.143. The Labute approximate surface area is 150 Å². The summed E-state index contributed by atoms with van der Waals surface area (Å²) in [6, 6.07) is 12.3. The maximum absolute atomic E-state index is 10.8. The van der Waals surface area contributed by atoms with Gasteiger partial charge in [-0.1, -0.05) is 29.8 Å². The average Bonchev–Trinajstić information content (AvgIpc) is 3.30. The fourth-order valence-electron chi connectivity index (χ4n) is 3.63. The number of aromatic amines is 1. The van der Waals surface area contributed by atoms with E-state index in [1.807, 2.05) is 38.2 Å². The summed E-state index contributed by atoms with van der Waals surface area (Å²) in [7, 11) is 1.83. The Bertz CT molecular complexity index is 1100. The third-order valence-corrected chi connectivity index (χ3v) is 5.01. The Balaban J connectivity index is 1.63. The molecule has 0 atom stereocenters. The fraction of sp³-hybridized carbons (Fsp3) is 0.200. The molecule has 5 rings (SSSR count). The second-order valence-corrected chi connectivity index (χ2v) is 6.86. The van der Waals surface area contributed by atoms with Crippen LogP contribution in [0.5, 0.6) is 5.75 Å². The van der Waals surface area contributed by atoms with E-state index in [1.54, 1.807) is 4.68 Å². The molecule has 3 N–H and O–H groups in total. The zero-order chi connectivity index (χ0) is 17.8. The van der Waals surface area contributed by atoms with Crippen LogP contribution in [-0.2, 0) is 20.1 Å². The zero-order valence-electron chi connectivity index (χ0n) is 14.7. The predicted molar refractivity (Wildman–Crippen MR) is 101 cm³/mol. The van der Waals surface area contributed by atoms with Gasteiger partial charge in [0.25, 0.3) is 0 Å². The highest BCUT2D eigenvalue weighted by molar-refractivity contribution is 5.83. The lowest BCUT2D eigenvalue weighted by atomic mass is 10.1. The molecule has 0 saturated carbocycles. The molecule has 3 heterocycles. The Hall–Kier alpha value is -3.12. The number of H-pyrrole nitrogens is 1. The number of imidazole rings is 1. The Kier molecular flexibility index (Phi) is 3.17. The number of hydrogen-bond acceptors (Lipinski definition) is 4. The zero-order valence-corrected chi connectivity index (χ0v) is 14.7. The molecule has 1 aliphatic heterocycles. The number of nitrogens with zero attached hydrogens (tertiary/aromatic N) is 3. The van der Waals surface area contributed by atoms with Crippen molar-refractivity contribution in [2.75, 3.05) is 0 Å². The lowest BCUT2D eigenvalue weighted by molar-refractivity contribution is 0.478. The lowest BCUT2D eigenvalue weighted by Gasteiger charge is -2.03. The van der Waals surface area contributed by atoms with Gasteiger partial charge in [0.05, 0.1) is 11.0 Å². The Morgan fingerprint density at radius 3 is 2.58 bits per heavy atom. The van der Waals surface area contributed by atoms with Gasteiger partial charge in [0.15, 0.2) is 17.3 Å². The normalized spacial score (nSPS) is 13.5. The molecule has 2 aromatic heterocycles. The van der Waals surface area contributed by atoms with Gasteiger partial charge in [-0.25, -0.2) is 4.98 Å². The molecule has 0 amide bonds. The molecule has 2 aromatic carbocycles. The lowest BCUT2D eigenvalue weighted by Crippen LogP contribution is -1.99.